The lowest BCUT2D eigenvalue weighted by Gasteiger charge is -2.15. The van der Waals surface area contributed by atoms with E-state index in [1.54, 1.807) is 6.07 Å². The minimum absolute atomic E-state index is 0.248. The summed E-state index contributed by atoms with van der Waals surface area (Å²) in [6.45, 7) is 0. The molecule has 100 valence electrons. The minimum atomic E-state index is -0.297. The van der Waals surface area contributed by atoms with Gasteiger partial charge in [0.2, 0.25) is 0 Å². The Labute approximate surface area is 154 Å². The number of rotatable bonds is 2. The molecule has 2 rings (SSSR count). The van der Waals surface area contributed by atoms with Gasteiger partial charge in [0, 0.05) is 18.1 Å². The number of hydrogen-bond donors (Lipinski definition) is 0. The third kappa shape index (κ3) is 3.73. The van der Waals surface area contributed by atoms with Crippen LogP contribution in [0.2, 0.25) is 5.02 Å². The maximum Gasteiger partial charge on any atom is 0.129 e. The van der Waals surface area contributed by atoms with Gasteiger partial charge >= 0.3 is 0 Å². The van der Waals surface area contributed by atoms with Crippen molar-refractivity contribution in [2.24, 2.45) is 0 Å². The first-order valence-corrected chi connectivity index (χ1v) is 9.09. The minimum Gasteiger partial charge on any atom is -0.207 e. The SMILES string of the molecule is Fc1cc(Br)c(Cl)cc1C(Br)c1cc(Br)ccc1I. The van der Waals surface area contributed by atoms with Gasteiger partial charge in [-0.25, -0.2) is 4.39 Å². The highest BCUT2D eigenvalue weighted by Crippen LogP contribution is 2.39. The van der Waals surface area contributed by atoms with Crippen LogP contribution in [0.25, 0.3) is 0 Å². The molecule has 0 spiro atoms. The molecule has 1 atom stereocenters. The van der Waals surface area contributed by atoms with E-state index in [-0.39, 0.29) is 10.6 Å². The molecule has 0 bridgehead atoms. The van der Waals surface area contributed by atoms with E-state index in [9.17, 15) is 4.39 Å². The second-order valence-corrected chi connectivity index (χ2v) is 8.07. The van der Waals surface area contributed by atoms with Crippen LogP contribution in [-0.2, 0) is 0 Å². The van der Waals surface area contributed by atoms with Crippen LogP contribution in [0.1, 0.15) is 16.0 Å². The quantitative estimate of drug-likeness (QED) is 0.201. The molecule has 0 nitrogen and oxygen atoms in total. The van der Waals surface area contributed by atoms with Gasteiger partial charge in [-0.15, -0.1) is 0 Å². The lowest BCUT2D eigenvalue weighted by molar-refractivity contribution is 0.612. The van der Waals surface area contributed by atoms with Crippen LogP contribution in [0.15, 0.2) is 39.3 Å². The molecule has 0 heterocycles. The molecule has 2 aromatic rings. The van der Waals surface area contributed by atoms with Gasteiger partial charge in [0.1, 0.15) is 5.82 Å². The Bertz CT molecular complexity index is 634. The van der Waals surface area contributed by atoms with Crippen LogP contribution < -0.4 is 0 Å². The Balaban J connectivity index is 2.52. The monoisotopic (exact) mass is 580 g/mol. The highest BCUT2D eigenvalue weighted by molar-refractivity contribution is 14.1. The largest absolute Gasteiger partial charge is 0.207 e. The Hall–Kier alpha value is 0.830. The zero-order valence-electron chi connectivity index (χ0n) is 9.23. The van der Waals surface area contributed by atoms with Crippen LogP contribution in [0, 0.1) is 9.39 Å². The molecule has 0 aliphatic rings. The van der Waals surface area contributed by atoms with Crippen molar-refractivity contribution < 1.29 is 4.39 Å². The molecule has 0 aliphatic heterocycles. The van der Waals surface area contributed by atoms with Crippen LogP contribution in [-0.4, -0.2) is 0 Å². The predicted molar refractivity (Wildman–Crippen MR) is 96.7 cm³/mol. The summed E-state index contributed by atoms with van der Waals surface area (Å²) >= 11 is 18.5. The molecule has 0 aromatic heterocycles. The Kier molecular flexibility index (Phi) is 5.74. The van der Waals surface area contributed by atoms with Gasteiger partial charge in [0.15, 0.2) is 0 Å². The zero-order valence-corrected chi connectivity index (χ0v) is 16.9. The molecule has 1 unspecified atom stereocenters. The fourth-order valence-corrected chi connectivity index (χ4v) is 4.28. The smallest absolute Gasteiger partial charge is 0.129 e. The van der Waals surface area contributed by atoms with Gasteiger partial charge in [0.05, 0.1) is 9.85 Å². The van der Waals surface area contributed by atoms with E-state index < -0.39 is 0 Å². The predicted octanol–water partition coefficient (Wildman–Crippen LogP) is 7.09. The molecule has 0 aliphatic carbocycles. The first-order chi connectivity index (χ1) is 8.90. The lowest BCUT2D eigenvalue weighted by atomic mass is 10.0. The van der Waals surface area contributed by atoms with Crippen molar-refractivity contribution in [1.29, 1.82) is 0 Å². The molecular weight excluding hydrogens is 577 g/mol. The van der Waals surface area contributed by atoms with Gasteiger partial charge in [-0.3, -0.25) is 0 Å². The van der Waals surface area contributed by atoms with Gasteiger partial charge < -0.3 is 0 Å². The standard InChI is InChI=1S/C13H6Br3ClFI/c14-6-1-2-12(19)8(3-6)13(16)7-4-10(17)9(15)5-11(7)18/h1-5,13H. The molecule has 0 saturated carbocycles. The van der Waals surface area contributed by atoms with Gasteiger partial charge in [0.25, 0.3) is 0 Å². The number of alkyl halides is 1. The molecule has 0 N–H and O–H groups in total. The summed E-state index contributed by atoms with van der Waals surface area (Å²) in [5.41, 5.74) is 1.51. The normalized spacial score (nSPS) is 12.5. The van der Waals surface area contributed by atoms with Crippen molar-refractivity contribution >= 4 is 82.0 Å². The molecule has 0 amide bonds. The number of halogens is 6. The van der Waals surface area contributed by atoms with E-state index in [1.807, 2.05) is 18.2 Å². The van der Waals surface area contributed by atoms with E-state index in [4.69, 9.17) is 11.6 Å². The van der Waals surface area contributed by atoms with Crippen molar-refractivity contribution in [3.05, 3.63) is 64.8 Å². The average Bonchev–Trinajstić information content (AvgIpc) is 2.36. The molecule has 2 aromatic carbocycles. The third-order valence-corrected chi connectivity index (χ3v) is 6.20. The van der Waals surface area contributed by atoms with E-state index in [2.05, 4.69) is 70.4 Å². The van der Waals surface area contributed by atoms with Crippen LogP contribution in [0.5, 0.6) is 0 Å². The van der Waals surface area contributed by atoms with Crippen molar-refractivity contribution in [3.63, 3.8) is 0 Å². The summed E-state index contributed by atoms with van der Waals surface area (Å²) < 4.78 is 16.6. The number of hydrogen-bond acceptors (Lipinski definition) is 0. The van der Waals surface area contributed by atoms with Crippen molar-refractivity contribution in [2.75, 3.05) is 0 Å². The first kappa shape index (κ1) is 16.2. The Morgan fingerprint density at radius 2 is 1.79 bits per heavy atom. The highest BCUT2D eigenvalue weighted by Gasteiger charge is 2.19. The maximum absolute atomic E-state index is 14.1. The second-order valence-electron chi connectivity index (χ2n) is 3.82. The molecular formula is C13H6Br3ClFI. The molecule has 0 saturated heterocycles. The van der Waals surface area contributed by atoms with Crippen molar-refractivity contribution in [1.82, 2.24) is 0 Å². The van der Waals surface area contributed by atoms with Crippen LogP contribution >= 0.6 is 82.0 Å². The van der Waals surface area contributed by atoms with Gasteiger partial charge in [-0.2, -0.15) is 0 Å². The summed E-state index contributed by atoms with van der Waals surface area (Å²) in [4.78, 5) is -0.248. The molecule has 19 heavy (non-hydrogen) atoms. The molecule has 0 fully saturated rings. The Morgan fingerprint density at radius 1 is 1.11 bits per heavy atom. The summed E-state index contributed by atoms with van der Waals surface area (Å²) in [6.07, 6.45) is 0. The van der Waals surface area contributed by atoms with E-state index in [0.717, 1.165) is 13.6 Å². The fraction of sp³-hybridized carbons (Fsp3) is 0.0769. The Morgan fingerprint density at radius 3 is 2.47 bits per heavy atom. The fourth-order valence-electron chi connectivity index (χ4n) is 1.61. The number of benzene rings is 2. The summed E-state index contributed by atoms with van der Waals surface area (Å²) in [5, 5.41) is 0.492. The van der Waals surface area contributed by atoms with Crippen LogP contribution in [0.4, 0.5) is 4.39 Å². The van der Waals surface area contributed by atoms with Gasteiger partial charge in [-0.05, 0) is 74.4 Å². The van der Waals surface area contributed by atoms with E-state index in [0.29, 0.717) is 15.1 Å². The van der Waals surface area contributed by atoms with E-state index in [1.165, 1.54) is 6.07 Å². The van der Waals surface area contributed by atoms with Crippen molar-refractivity contribution in [3.8, 4) is 0 Å². The summed E-state index contributed by atoms with van der Waals surface area (Å²) in [5.74, 6) is -0.297. The maximum atomic E-state index is 14.1. The second kappa shape index (κ2) is 6.73. The average molecular weight is 583 g/mol. The zero-order chi connectivity index (χ0) is 14.2. The topological polar surface area (TPSA) is 0 Å². The van der Waals surface area contributed by atoms with Gasteiger partial charge in [-0.1, -0.05) is 43.5 Å². The molecule has 0 radical (unpaired) electrons. The molecule has 6 heteroatoms. The third-order valence-electron chi connectivity index (χ3n) is 2.54. The first-order valence-electron chi connectivity index (χ1n) is 5.13. The summed E-state index contributed by atoms with van der Waals surface area (Å²) in [7, 11) is 0. The summed E-state index contributed by atoms with van der Waals surface area (Å²) in [6, 6.07) is 8.92. The lowest BCUT2D eigenvalue weighted by Crippen LogP contribution is -1.99. The van der Waals surface area contributed by atoms with E-state index >= 15 is 0 Å². The van der Waals surface area contributed by atoms with Crippen molar-refractivity contribution in [2.45, 2.75) is 4.83 Å². The highest BCUT2D eigenvalue weighted by atomic mass is 127. The van der Waals surface area contributed by atoms with Crippen LogP contribution in [0.3, 0.4) is 0 Å².